The number of amides is 1. The predicted molar refractivity (Wildman–Crippen MR) is 61.2 cm³/mol. The van der Waals surface area contributed by atoms with Gasteiger partial charge in [0.2, 0.25) is 0 Å². The van der Waals surface area contributed by atoms with E-state index in [1.807, 2.05) is 19.9 Å². The van der Waals surface area contributed by atoms with Crippen molar-refractivity contribution in [3.8, 4) is 0 Å². The Bertz CT molecular complexity index is 392. The van der Waals surface area contributed by atoms with Gasteiger partial charge in [0.25, 0.3) is 5.91 Å². The summed E-state index contributed by atoms with van der Waals surface area (Å²) in [6.07, 6.45) is 3.33. The van der Waals surface area contributed by atoms with E-state index in [2.05, 4.69) is 10.3 Å². The fourth-order valence-corrected chi connectivity index (χ4v) is 1.84. The van der Waals surface area contributed by atoms with Gasteiger partial charge >= 0.3 is 0 Å². The average molecular weight is 220 g/mol. The first kappa shape index (κ1) is 11.1. The van der Waals surface area contributed by atoms with E-state index in [0.29, 0.717) is 0 Å². The third kappa shape index (κ3) is 2.58. The minimum absolute atomic E-state index is 0.0602. The lowest BCUT2D eigenvalue weighted by Gasteiger charge is -2.11. The van der Waals surface area contributed by atoms with Crippen LogP contribution in [0.4, 0.5) is 5.69 Å². The normalized spacial score (nSPS) is 24.4. The molecule has 2 rings (SSSR count). The number of nitrogens with one attached hydrogen (secondary N) is 1. The molecule has 1 amide bonds. The standard InChI is InChI=1S/C12H16N2O2/c1-8-7-10(5-6-13-8)14-12(15)11-4-3-9(2)16-11/h5-7,9,11H,3-4H2,1-2H3,(H,13,14,15). The molecule has 4 nitrogen and oxygen atoms in total. The van der Waals surface area contributed by atoms with Crippen molar-refractivity contribution in [1.82, 2.24) is 4.98 Å². The molecule has 2 heterocycles. The molecule has 0 spiro atoms. The van der Waals surface area contributed by atoms with Crippen molar-refractivity contribution >= 4 is 11.6 Å². The number of aryl methyl sites for hydroxylation is 1. The Labute approximate surface area is 95.0 Å². The first-order valence-corrected chi connectivity index (χ1v) is 5.54. The molecule has 1 N–H and O–H groups in total. The number of carbonyl (C=O) groups excluding carboxylic acids is 1. The molecule has 0 aliphatic carbocycles. The molecule has 0 aromatic carbocycles. The molecule has 1 aromatic heterocycles. The maximum absolute atomic E-state index is 11.8. The second-order valence-electron chi connectivity index (χ2n) is 4.19. The van der Waals surface area contributed by atoms with Crippen LogP contribution in [0.5, 0.6) is 0 Å². The fraction of sp³-hybridized carbons (Fsp3) is 0.500. The molecule has 1 fully saturated rings. The van der Waals surface area contributed by atoms with Crippen molar-refractivity contribution in [1.29, 1.82) is 0 Å². The lowest BCUT2D eigenvalue weighted by atomic mass is 10.2. The van der Waals surface area contributed by atoms with Gasteiger partial charge in [-0.2, -0.15) is 0 Å². The largest absolute Gasteiger partial charge is 0.365 e. The number of ether oxygens (including phenoxy) is 1. The summed E-state index contributed by atoms with van der Waals surface area (Å²) in [5.41, 5.74) is 1.67. The van der Waals surface area contributed by atoms with Crippen molar-refractivity contribution in [3.05, 3.63) is 24.0 Å². The van der Waals surface area contributed by atoms with Gasteiger partial charge in [-0.3, -0.25) is 9.78 Å². The Balaban J connectivity index is 1.97. The Morgan fingerprint density at radius 3 is 3.00 bits per heavy atom. The monoisotopic (exact) mass is 220 g/mol. The van der Waals surface area contributed by atoms with Crippen LogP contribution in [-0.2, 0) is 9.53 Å². The van der Waals surface area contributed by atoms with Gasteiger partial charge in [0.15, 0.2) is 0 Å². The number of rotatable bonds is 2. The van der Waals surface area contributed by atoms with Crippen LogP contribution in [0.15, 0.2) is 18.3 Å². The Morgan fingerprint density at radius 2 is 2.38 bits per heavy atom. The van der Waals surface area contributed by atoms with E-state index in [4.69, 9.17) is 4.74 Å². The molecular formula is C12H16N2O2. The fourth-order valence-electron chi connectivity index (χ4n) is 1.84. The van der Waals surface area contributed by atoms with E-state index in [1.54, 1.807) is 12.3 Å². The molecular weight excluding hydrogens is 204 g/mol. The molecule has 86 valence electrons. The molecule has 4 heteroatoms. The number of hydrogen-bond acceptors (Lipinski definition) is 3. The van der Waals surface area contributed by atoms with Crippen LogP contribution in [-0.4, -0.2) is 23.1 Å². The summed E-state index contributed by atoms with van der Waals surface area (Å²) in [5.74, 6) is -0.0602. The summed E-state index contributed by atoms with van der Waals surface area (Å²) in [6, 6.07) is 3.62. The summed E-state index contributed by atoms with van der Waals surface area (Å²) < 4.78 is 5.50. The maximum Gasteiger partial charge on any atom is 0.253 e. The summed E-state index contributed by atoms with van der Waals surface area (Å²) in [7, 11) is 0. The number of hydrogen-bond donors (Lipinski definition) is 1. The van der Waals surface area contributed by atoms with Crippen LogP contribution in [0.1, 0.15) is 25.5 Å². The molecule has 1 aromatic rings. The average Bonchev–Trinajstić information content (AvgIpc) is 2.65. The van der Waals surface area contributed by atoms with Crippen LogP contribution in [0.25, 0.3) is 0 Å². The Kier molecular flexibility index (Phi) is 3.19. The minimum Gasteiger partial charge on any atom is -0.365 e. The van der Waals surface area contributed by atoms with E-state index >= 15 is 0 Å². The first-order chi connectivity index (χ1) is 7.65. The highest BCUT2D eigenvalue weighted by molar-refractivity contribution is 5.94. The number of pyridine rings is 1. The lowest BCUT2D eigenvalue weighted by molar-refractivity contribution is -0.126. The third-order valence-corrected chi connectivity index (χ3v) is 2.69. The highest BCUT2D eigenvalue weighted by atomic mass is 16.5. The number of nitrogens with zero attached hydrogens (tertiary/aromatic N) is 1. The number of carbonyl (C=O) groups is 1. The molecule has 1 aliphatic rings. The Morgan fingerprint density at radius 1 is 1.56 bits per heavy atom. The zero-order valence-corrected chi connectivity index (χ0v) is 9.56. The molecule has 0 saturated carbocycles. The number of anilines is 1. The second kappa shape index (κ2) is 4.61. The van der Waals surface area contributed by atoms with E-state index in [1.165, 1.54) is 0 Å². The van der Waals surface area contributed by atoms with Gasteiger partial charge < -0.3 is 10.1 Å². The first-order valence-electron chi connectivity index (χ1n) is 5.54. The predicted octanol–water partition coefficient (Wildman–Crippen LogP) is 1.90. The van der Waals surface area contributed by atoms with Crippen molar-refractivity contribution in [3.63, 3.8) is 0 Å². The zero-order valence-electron chi connectivity index (χ0n) is 9.56. The molecule has 0 bridgehead atoms. The SMILES string of the molecule is Cc1cc(NC(=O)C2CCC(C)O2)ccn1. The van der Waals surface area contributed by atoms with Gasteiger partial charge in [0.05, 0.1) is 6.10 Å². The van der Waals surface area contributed by atoms with E-state index in [9.17, 15) is 4.79 Å². The van der Waals surface area contributed by atoms with Crippen LogP contribution >= 0.6 is 0 Å². The Hall–Kier alpha value is -1.42. The van der Waals surface area contributed by atoms with Crippen LogP contribution in [0.3, 0.4) is 0 Å². The van der Waals surface area contributed by atoms with E-state index in [-0.39, 0.29) is 18.1 Å². The highest BCUT2D eigenvalue weighted by Crippen LogP contribution is 2.20. The van der Waals surface area contributed by atoms with Gasteiger partial charge in [-0.05, 0) is 38.8 Å². The lowest BCUT2D eigenvalue weighted by Crippen LogP contribution is -2.27. The molecule has 0 radical (unpaired) electrons. The van der Waals surface area contributed by atoms with Crippen LogP contribution in [0, 0.1) is 6.92 Å². The minimum atomic E-state index is -0.302. The van der Waals surface area contributed by atoms with Crippen molar-refractivity contribution < 1.29 is 9.53 Å². The van der Waals surface area contributed by atoms with Crippen molar-refractivity contribution in [2.24, 2.45) is 0 Å². The highest BCUT2D eigenvalue weighted by Gasteiger charge is 2.27. The summed E-state index contributed by atoms with van der Waals surface area (Å²) >= 11 is 0. The van der Waals surface area contributed by atoms with E-state index in [0.717, 1.165) is 24.2 Å². The molecule has 16 heavy (non-hydrogen) atoms. The summed E-state index contributed by atoms with van der Waals surface area (Å²) in [4.78, 5) is 15.9. The molecule has 1 saturated heterocycles. The molecule has 1 aliphatic heterocycles. The second-order valence-corrected chi connectivity index (χ2v) is 4.19. The third-order valence-electron chi connectivity index (χ3n) is 2.69. The van der Waals surface area contributed by atoms with Gasteiger partial charge in [0, 0.05) is 17.6 Å². The van der Waals surface area contributed by atoms with Crippen LogP contribution < -0.4 is 5.32 Å². The van der Waals surface area contributed by atoms with Gasteiger partial charge in [-0.1, -0.05) is 0 Å². The van der Waals surface area contributed by atoms with Crippen LogP contribution in [0.2, 0.25) is 0 Å². The quantitative estimate of drug-likeness (QED) is 0.828. The topological polar surface area (TPSA) is 51.2 Å². The zero-order chi connectivity index (χ0) is 11.5. The van der Waals surface area contributed by atoms with Gasteiger partial charge in [0.1, 0.15) is 6.10 Å². The smallest absolute Gasteiger partial charge is 0.253 e. The molecule has 2 unspecified atom stereocenters. The maximum atomic E-state index is 11.8. The van der Waals surface area contributed by atoms with Gasteiger partial charge in [-0.25, -0.2) is 0 Å². The van der Waals surface area contributed by atoms with E-state index < -0.39 is 0 Å². The summed E-state index contributed by atoms with van der Waals surface area (Å²) in [6.45, 7) is 3.88. The van der Waals surface area contributed by atoms with Crippen molar-refractivity contribution in [2.45, 2.75) is 38.9 Å². The van der Waals surface area contributed by atoms with Gasteiger partial charge in [-0.15, -0.1) is 0 Å². The van der Waals surface area contributed by atoms with Crippen molar-refractivity contribution in [2.75, 3.05) is 5.32 Å². The molecule has 2 atom stereocenters. The number of aromatic nitrogens is 1. The summed E-state index contributed by atoms with van der Waals surface area (Å²) in [5, 5.41) is 2.84.